The first-order valence-electron chi connectivity index (χ1n) is 7.50. The molecule has 0 aliphatic rings. The molecule has 0 aliphatic heterocycles. The number of hydrogen-bond donors (Lipinski definition) is 2. The van der Waals surface area contributed by atoms with Gasteiger partial charge in [-0.1, -0.05) is 12.1 Å². The number of ether oxygens (including phenoxy) is 1. The van der Waals surface area contributed by atoms with Gasteiger partial charge in [-0.05, 0) is 44.9 Å². The number of thiazole rings is 1. The van der Waals surface area contributed by atoms with E-state index in [1.54, 1.807) is 0 Å². The number of benzene rings is 1. The molecule has 0 atom stereocenters. The van der Waals surface area contributed by atoms with Crippen LogP contribution < -0.4 is 5.32 Å². The first-order chi connectivity index (χ1) is 11.2. The maximum atomic E-state index is 11.7. The molecule has 1 heterocycles. The van der Waals surface area contributed by atoms with Crippen molar-refractivity contribution < 1.29 is 19.4 Å². The first kappa shape index (κ1) is 17.9. The molecule has 1 aromatic carbocycles. The molecule has 0 radical (unpaired) electrons. The van der Waals surface area contributed by atoms with Gasteiger partial charge in [0, 0.05) is 12.1 Å². The first-order valence-corrected chi connectivity index (χ1v) is 8.31. The molecule has 0 bridgehead atoms. The second kappa shape index (κ2) is 7.44. The van der Waals surface area contributed by atoms with E-state index in [4.69, 9.17) is 9.84 Å². The highest BCUT2D eigenvalue weighted by atomic mass is 32.1. The molecule has 0 saturated heterocycles. The van der Waals surface area contributed by atoms with Crippen LogP contribution in [0.2, 0.25) is 0 Å². The lowest BCUT2D eigenvalue weighted by Gasteiger charge is -2.19. The van der Waals surface area contributed by atoms with E-state index in [-0.39, 0.29) is 4.88 Å². The molecule has 128 valence electrons. The van der Waals surface area contributed by atoms with Gasteiger partial charge in [-0.2, -0.15) is 0 Å². The predicted molar refractivity (Wildman–Crippen MR) is 92.8 cm³/mol. The number of aromatic carboxylic acids is 1. The van der Waals surface area contributed by atoms with Gasteiger partial charge in [0.25, 0.3) is 0 Å². The second-order valence-corrected chi connectivity index (χ2v) is 7.36. The summed E-state index contributed by atoms with van der Waals surface area (Å²) in [6.07, 6.45) is 2.32. The third-order valence-corrected chi connectivity index (χ3v) is 4.04. The van der Waals surface area contributed by atoms with Crippen molar-refractivity contribution in [2.24, 2.45) is 0 Å². The van der Waals surface area contributed by atoms with E-state index < -0.39 is 17.7 Å². The Balaban J connectivity index is 1.87. The van der Waals surface area contributed by atoms with Gasteiger partial charge in [-0.3, -0.25) is 5.32 Å². The Morgan fingerprint density at radius 3 is 2.42 bits per heavy atom. The normalized spacial score (nSPS) is 11.1. The molecule has 0 spiro atoms. The van der Waals surface area contributed by atoms with E-state index in [1.807, 2.05) is 45.0 Å². The number of carbonyl (C=O) groups is 2. The molecular weight excluding hydrogens is 328 g/mol. The van der Waals surface area contributed by atoms with Gasteiger partial charge in [-0.25, -0.2) is 14.6 Å². The summed E-state index contributed by atoms with van der Waals surface area (Å²) in [6, 6.07) is 7.45. The Bertz CT molecular complexity index is 717. The van der Waals surface area contributed by atoms with Gasteiger partial charge in [-0.15, -0.1) is 11.3 Å². The van der Waals surface area contributed by atoms with Gasteiger partial charge >= 0.3 is 12.1 Å². The van der Waals surface area contributed by atoms with Crippen molar-refractivity contribution in [1.82, 2.24) is 4.98 Å². The van der Waals surface area contributed by atoms with E-state index in [0.29, 0.717) is 12.1 Å². The number of aromatic nitrogens is 1. The summed E-state index contributed by atoms with van der Waals surface area (Å²) in [5, 5.41) is 12.4. The van der Waals surface area contributed by atoms with Crippen LogP contribution in [0.15, 0.2) is 30.5 Å². The SMILES string of the molecule is CC(C)(C)OC(=O)Nc1ccc(CCc2ncc(C(=O)O)s2)cc1. The van der Waals surface area contributed by atoms with Crippen molar-refractivity contribution in [3.63, 3.8) is 0 Å². The fourth-order valence-electron chi connectivity index (χ4n) is 1.95. The summed E-state index contributed by atoms with van der Waals surface area (Å²) in [5.41, 5.74) is 1.21. The lowest BCUT2D eigenvalue weighted by molar-refractivity contribution is 0.0634. The third-order valence-electron chi connectivity index (χ3n) is 2.99. The molecule has 2 N–H and O–H groups in total. The van der Waals surface area contributed by atoms with Crippen molar-refractivity contribution in [2.75, 3.05) is 5.32 Å². The van der Waals surface area contributed by atoms with Crippen LogP contribution in [0.25, 0.3) is 0 Å². The number of aryl methyl sites for hydroxylation is 2. The molecule has 0 unspecified atom stereocenters. The standard InChI is InChI=1S/C17H20N2O4S/c1-17(2,3)23-16(22)19-12-7-4-11(5-8-12)6-9-14-18-10-13(24-14)15(20)21/h4-5,7-8,10H,6,9H2,1-3H3,(H,19,22)(H,20,21). The largest absolute Gasteiger partial charge is 0.477 e. The molecule has 2 rings (SSSR count). The third kappa shape index (κ3) is 5.66. The molecule has 2 aromatic rings. The highest BCUT2D eigenvalue weighted by Gasteiger charge is 2.16. The van der Waals surface area contributed by atoms with Crippen molar-refractivity contribution in [3.8, 4) is 0 Å². The lowest BCUT2D eigenvalue weighted by Crippen LogP contribution is -2.27. The monoisotopic (exact) mass is 348 g/mol. The molecule has 6 nitrogen and oxygen atoms in total. The number of hydrogen-bond acceptors (Lipinski definition) is 5. The number of nitrogens with one attached hydrogen (secondary N) is 1. The maximum absolute atomic E-state index is 11.7. The van der Waals surface area contributed by atoms with Crippen LogP contribution in [0, 0.1) is 0 Å². The highest BCUT2D eigenvalue weighted by Crippen LogP contribution is 2.17. The fraction of sp³-hybridized carbons (Fsp3) is 0.353. The number of carbonyl (C=O) groups excluding carboxylic acids is 1. The van der Waals surface area contributed by atoms with Gasteiger partial charge in [0.1, 0.15) is 10.5 Å². The number of nitrogens with zero attached hydrogens (tertiary/aromatic N) is 1. The van der Waals surface area contributed by atoms with Gasteiger partial charge in [0.15, 0.2) is 0 Å². The number of amides is 1. The molecule has 7 heteroatoms. The van der Waals surface area contributed by atoms with Crippen LogP contribution in [-0.4, -0.2) is 27.8 Å². The van der Waals surface area contributed by atoms with Crippen LogP contribution >= 0.6 is 11.3 Å². The maximum Gasteiger partial charge on any atom is 0.412 e. The van der Waals surface area contributed by atoms with E-state index >= 15 is 0 Å². The molecule has 1 aromatic heterocycles. The Labute approximate surface area is 144 Å². The average Bonchev–Trinajstić information content (AvgIpc) is 2.93. The summed E-state index contributed by atoms with van der Waals surface area (Å²) in [5.74, 6) is -0.948. The fourth-order valence-corrected chi connectivity index (χ4v) is 2.71. The number of carboxylic acid groups (broad SMARTS) is 1. The topological polar surface area (TPSA) is 88.5 Å². The van der Waals surface area contributed by atoms with Crippen molar-refractivity contribution in [3.05, 3.63) is 45.9 Å². The zero-order valence-electron chi connectivity index (χ0n) is 13.8. The Morgan fingerprint density at radius 2 is 1.88 bits per heavy atom. The minimum absolute atomic E-state index is 0.252. The molecular formula is C17H20N2O4S. The Hall–Kier alpha value is -2.41. The van der Waals surface area contributed by atoms with E-state index in [9.17, 15) is 9.59 Å². The molecule has 24 heavy (non-hydrogen) atoms. The summed E-state index contributed by atoms with van der Waals surface area (Å²) >= 11 is 1.19. The average molecular weight is 348 g/mol. The minimum Gasteiger partial charge on any atom is -0.477 e. The molecule has 0 saturated carbocycles. The van der Waals surface area contributed by atoms with Crippen molar-refractivity contribution >= 4 is 29.1 Å². The smallest absolute Gasteiger partial charge is 0.412 e. The van der Waals surface area contributed by atoms with Crippen LogP contribution in [-0.2, 0) is 17.6 Å². The van der Waals surface area contributed by atoms with Crippen LogP contribution in [0.5, 0.6) is 0 Å². The van der Waals surface area contributed by atoms with E-state index in [0.717, 1.165) is 17.0 Å². The van der Waals surface area contributed by atoms with Crippen LogP contribution in [0.4, 0.5) is 10.5 Å². The van der Waals surface area contributed by atoms with Crippen LogP contribution in [0.1, 0.15) is 41.0 Å². The molecule has 0 fully saturated rings. The summed E-state index contributed by atoms with van der Waals surface area (Å²) in [7, 11) is 0. The summed E-state index contributed by atoms with van der Waals surface area (Å²) in [6.45, 7) is 5.43. The van der Waals surface area contributed by atoms with Crippen molar-refractivity contribution in [1.29, 1.82) is 0 Å². The zero-order chi connectivity index (χ0) is 17.7. The second-order valence-electron chi connectivity index (χ2n) is 6.25. The van der Waals surface area contributed by atoms with Gasteiger partial charge < -0.3 is 9.84 Å². The number of rotatable bonds is 5. The number of carboxylic acids is 1. The quantitative estimate of drug-likeness (QED) is 0.853. The van der Waals surface area contributed by atoms with Crippen molar-refractivity contribution in [2.45, 2.75) is 39.2 Å². The Morgan fingerprint density at radius 1 is 1.21 bits per heavy atom. The van der Waals surface area contributed by atoms with Crippen LogP contribution in [0.3, 0.4) is 0 Å². The lowest BCUT2D eigenvalue weighted by atomic mass is 10.1. The Kier molecular flexibility index (Phi) is 5.56. The van der Waals surface area contributed by atoms with E-state index in [2.05, 4.69) is 10.3 Å². The van der Waals surface area contributed by atoms with E-state index in [1.165, 1.54) is 17.5 Å². The summed E-state index contributed by atoms with van der Waals surface area (Å²) < 4.78 is 5.19. The highest BCUT2D eigenvalue weighted by molar-refractivity contribution is 7.13. The zero-order valence-corrected chi connectivity index (χ0v) is 14.6. The minimum atomic E-state index is -0.948. The molecule has 1 amide bonds. The molecule has 0 aliphatic carbocycles. The predicted octanol–water partition coefficient (Wildman–Crippen LogP) is 3.97. The number of anilines is 1. The van der Waals surface area contributed by atoms with Gasteiger partial charge in [0.2, 0.25) is 0 Å². The summed E-state index contributed by atoms with van der Waals surface area (Å²) in [4.78, 5) is 26.9. The van der Waals surface area contributed by atoms with Gasteiger partial charge in [0.05, 0.1) is 11.2 Å².